The Bertz CT molecular complexity index is 339. The van der Waals surface area contributed by atoms with Crippen LogP contribution in [0.15, 0.2) is 12.4 Å². The van der Waals surface area contributed by atoms with Crippen LogP contribution in [0.3, 0.4) is 0 Å². The van der Waals surface area contributed by atoms with Gasteiger partial charge in [0.1, 0.15) is 0 Å². The highest BCUT2D eigenvalue weighted by molar-refractivity contribution is 5.93. The molecule has 1 aromatic heterocycles. The number of nitrogens with zero attached hydrogens (tertiary/aromatic N) is 2. The fourth-order valence-electron chi connectivity index (χ4n) is 2.06. The van der Waals surface area contributed by atoms with E-state index in [1.165, 1.54) is 6.42 Å². The molecular formula is C11H17N3O. The van der Waals surface area contributed by atoms with Gasteiger partial charge in [0.05, 0.1) is 0 Å². The highest BCUT2D eigenvalue weighted by atomic mass is 16.1. The van der Waals surface area contributed by atoms with Gasteiger partial charge in [-0.3, -0.25) is 4.79 Å². The smallest absolute Gasteiger partial charge is 0.199 e. The molecule has 0 spiro atoms. The summed E-state index contributed by atoms with van der Waals surface area (Å²) in [6.07, 6.45) is 6.42. The number of ketones is 1. The Morgan fingerprint density at radius 3 is 3.27 bits per heavy atom. The molecule has 4 heteroatoms. The normalized spacial score (nSPS) is 20.7. The van der Waals surface area contributed by atoms with E-state index in [2.05, 4.69) is 10.3 Å². The van der Waals surface area contributed by atoms with E-state index in [4.69, 9.17) is 0 Å². The Hall–Kier alpha value is -1.16. The van der Waals surface area contributed by atoms with Crippen LogP contribution < -0.4 is 5.32 Å². The number of carbonyl (C=O) groups is 1. The topological polar surface area (TPSA) is 46.9 Å². The number of carbonyl (C=O) groups excluding carboxylic acids is 1. The van der Waals surface area contributed by atoms with E-state index in [-0.39, 0.29) is 5.78 Å². The summed E-state index contributed by atoms with van der Waals surface area (Å²) in [6, 6.07) is 0.361. The molecule has 0 radical (unpaired) electrons. The fraction of sp³-hybridized carbons (Fsp3) is 0.636. The van der Waals surface area contributed by atoms with Crippen molar-refractivity contribution in [3.63, 3.8) is 0 Å². The lowest BCUT2D eigenvalue weighted by Gasteiger charge is -2.09. The average molecular weight is 207 g/mol. The molecule has 1 saturated heterocycles. The van der Waals surface area contributed by atoms with Gasteiger partial charge in [0, 0.05) is 31.4 Å². The molecule has 2 heterocycles. The first-order chi connectivity index (χ1) is 7.31. The van der Waals surface area contributed by atoms with E-state index in [1.54, 1.807) is 6.20 Å². The van der Waals surface area contributed by atoms with Gasteiger partial charge in [-0.15, -0.1) is 0 Å². The van der Waals surface area contributed by atoms with Crippen molar-refractivity contribution in [2.75, 3.05) is 6.54 Å². The van der Waals surface area contributed by atoms with Crippen LogP contribution in [0, 0.1) is 0 Å². The molecule has 1 aliphatic heterocycles. The molecule has 1 aliphatic rings. The Labute approximate surface area is 89.7 Å². The molecule has 0 bridgehead atoms. The molecule has 1 unspecified atom stereocenters. The van der Waals surface area contributed by atoms with Crippen molar-refractivity contribution >= 4 is 5.78 Å². The summed E-state index contributed by atoms with van der Waals surface area (Å²) in [5, 5.41) is 3.33. The summed E-state index contributed by atoms with van der Waals surface area (Å²) in [6.45, 7) is 3.87. The maximum absolute atomic E-state index is 11.9. The molecule has 4 nitrogen and oxygen atoms in total. The highest BCUT2D eigenvalue weighted by Crippen LogP contribution is 2.12. The van der Waals surface area contributed by atoms with Gasteiger partial charge in [-0.2, -0.15) is 0 Å². The summed E-state index contributed by atoms with van der Waals surface area (Å²) < 4.78 is 1.90. The summed E-state index contributed by atoms with van der Waals surface area (Å²) in [5.41, 5.74) is 0. The fourth-order valence-corrected chi connectivity index (χ4v) is 2.06. The van der Waals surface area contributed by atoms with E-state index >= 15 is 0 Å². The van der Waals surface area contributed by atoms with Crippen molar-refractivity contribution in [2.45, 2.75) is 38.8 Å². The minimum Gasteiger partial charge on any atom is -0.329 e. The monoisotopic (exact) mass is 207 g/mol. The van der Waals surface area contributed by atoms with Gasteiger partial charge in [0.25, 0.3) is 0 Å². The number of rotatable bonds is 4. The van der Waals surface area contributed by atoms with E-state index in [9.17, 15) is 4.79 Å². The first-order valence-electron chi connectivity index (χ1n) is 5.59. The van der Waals surface area contributed by atoms with Gasteiger partial charge < -0.3 is 9.88 Å². The van der Waals surface area contributed by atoms with Crippen LogP contribution in [0.2, 0.25) is 0 Å². The SMILES string of the molecule is CCn1ccnc1C(=O)CC1CCCN1. The van der Waals surface area contributed by atoms with Crippen LogP contribution in [0.1, 0.15) is 36.8 Å². The van der Waals surface area contributed by atoms with Crippen molar-refractivity contribution in [2.24, 2.45) is 0 Å². The molecule has 1 atom stereocenters. The van der Waals surface area contributed by atoms with Gasteiger partial charge in [-0.25, -0.2) is 4.98 Å². The first kappa shape index (κ1) is 10.4. The predicted molar refractivity (Wildman–Crippen MR) is 57.9 cm³/mol. The molecule has 0 aromatic carbocycles. The van der Waals surface area contributed by atoms with E-state index in [0.717, 1.165) is 19.5 Å². The van der Waals surface area contributed by atoms with Crippen molar-refractivity contribution < 1.29 is 4.79 Å². The first-order valence-corrected chi connectivity index (χ1v) is 5.59. The number of hydrogen-bond donors (Lipinski definition) is 1. The Kier molecular flexibility index (Phi) is 3.16. The third-order valence-corrected chi connectivity index (χ3v) is 2.90. The average Bonchev–Trinajstić information content (AvgIpc) is 2.86. The zero-order chi connectivity index (χ0) is 10.7. The van der Waals surface area contributed by atoms with Crippen molar-refractivity contribution in [1.29, 1.82) is 0 Å². The molecule has 1 aromatic rings. The molecule has 2 rings (SSSR count). The number of Topliss-reactive ketones (excluding diaryl/α,β-unsaturated/α-hetero) is 1. The summed E-state index contributed by atoms with van der Waals surface area (Å²) >= 11 is 0. The van der Waals surface area contributed by atoms with Crippen LogP contribution in [0.4, 0.5) is 0 Å². The Balaban J connectivity index is 2.00. The third kappa shape index (κ3) is 2.26. The number of aryl methyl sites for hydroxylation is 1. The van der Waals surface area contributed by atoms with Crippen LogP contribution in [0.5, 0.6) is 0 Å². The molecule has 0 aliphatic carbocycles. The zero-order valence-electron chi connectivity index (χ0n) is 9.07. The molecule has 0 amide bonds. The van der Waals surface area contributed by atoms with Gasteiger partial charge in [-0.1, -0.05) is 0 Å². The quantitative estimate of drug-likeness (QED) is 0.755. The second kappa shape index (κ2) is 4.57. The predicted octanol–water partition coefficient (Wildman–Crippen LogP) is 1.23. The molecule has 1 N–H and O–H groups in total. The molecule has 82 valence electrons. The van der Waals surface area contributed by atoms with Crippen LogP contribution in [-0.2, 0) is 6.54 Å². The minimum absolute atomic E-state index is 0.154. The van der Waals surface area contributed by atoms with Crippen LogP contribution in [0.25, 0.3) is 0 Å². The molecule has 1 fully saturated rings. The van der Waals surface area contributed by atoms with Gasteiger partial charge in [0.2, 0.25) is 0 Å². The van der Waals surface area contributed by atoms with Crippen molar-refractivity contribution in [3.8, 4) is 0 Å². The second-order valence-electron chi connectivity index (χ2n) is 3.96. The van der Waals surface area contributed by atoms with Crippen molar-refractivity contribution in [1.82, 2.24) is 14.9 Å². The second-order valence-corrected chi connectivity index (χ2v) is 3.96. The summed E-state index contributed by atoms with van der Waals surface area (Å²) in [7, 11) is 0. The lowest BCUT2D eigenvalue weighted by Crippen LogP contribution is -2.25. The third-order valence-electron chi connectivity index (χ3n) is 2.90. The van der Waals surface area contributed by atoms with E-state index in [1.807, 2.05) is 17.7 Å². The molecule has 15 heavy (non-hydrogen) atoms. The highest BCUT2D eigenvalue weighted by Gasteiger charge is 2.20. The van der Waals surface area contributed by atoms with Crippen LogP contribution >= 0.6 is 0 Å². The van der Waals surface area contributed by atoms with Gasteiger partial charge in [0.15, 0.2) is 11.6 Å². The van der Waals surface area contributed by atoms with E-state index < -0.39 is 0 Å². The maximum Gasteiger partial charge on any atom is 0.199 e. The molecule has 0 saturated carbocycles. The summed E-state index contributed by atoms with van der Waals surface area (Å²) in [4.78, 5) is 16.0. The lowest BCUT2D eigenvalue weighted by atomic mass is 10.1. The van der Waals surface area contributed by atoms with E-state index in [0.29, 0.717) is 18.3 Å². The number of hydrogen-bond acceptors (Lipinski definition) is 3. The van der Waals surface area contributed by atoms with Crippen LogP contribution in [-0.4, -0.2) is 27.9 Å². The maximum atomic E-state index is 11.9. The number of nitrogens with one attached hydrogen (secondary N) is 1. The number of imidazole rings is 1. The Morgan fingerprint density at radius 2 is 2.60 bits per heavy atom. The molecular weight excluding hydrogens is 190 g/mol. The lowest BCUT2D eigenvalue weighted by molar-refractivity contribution is 0.0957. The largest absolute Gasteiger partial charge is 0.329 e. The van der Waals surface area contributed by atoms with Crippen molar-refractivity contribution in [3.05, 3.63) is 18.2 Å². The summed E-state index contributed by atoms with van der Waals surface area (Å²) in [5.74, 6) is 0.757. The standard InChI is InChI=1S/C11H17N3O/c1-2-14-7-6-13-11(14)10(15)8-9-4-3-5-12-9/h6-7,9,12H,2-5,8H2,1H3. The minimum atomic E-state index is 0.154. The zero-order valence-corrected chi connectivity index (χ0v) is 9.07. The number of aromatic nitrogens is 2. The van der Waals surface area contributed by atoms with Gasteiger partial charge in [-0.05, 0) is 26.3 Å². The Morgan fingerprint density at radius 1 is 1.73 bits per heavy atom. The van der Waals surface area contributed by atoms with Gasteiger partial charge >= 0.3 is 0 Å².